The number of rotatable bonds is 4. The summed E-state index contributed by atoms with van der Waals surface area (Å²) in [5, 5.41) is 0. The molecule has 0 amide bonds. The molecule has 1 aromatic rings. The standard InChI is InChI=1S/C22H31N/c1-6-17-12-19-8-9-23-14-20(10-15(3)4)16(5)11-22(23)21(19)13-18(17)7-2/h7,12-13,15,20,22H,2,5-6,8-11,14H2,1,3-4H3. The summed E-state index contributed by atoms with van der Waals surface area (Å²) in [5.41, 5.74) is 7.33. The third-order valence-corrected chi connectivity index (χ3v) is 5.71. The van der Waals surface area contributed by atoms with Crippen LogP contribution in [0.15, 0.2) is 30.9 Å². The molecule has 23 heavy (non-hydrogen) atoms. The Balaban J connectivity index is 1.90. The lowest BCUT2D eigenvalue weighted by atomic mass is 9.77. The third kappa shape index (κ3) is 3.17. The Labute approximate surface area is 142 Å². The molecule has 124 valence electrons. The summed E-state index contributed by atoms with van der Waals surface area (Å²) in [7, 11) is 0. The van der Waals surface area contributed by atoms with Gasteiger partial charge in [0.1, 0.15) is 0 Å². The molecule has 2 aliphatic heterocycles. The summed E-state index contributed by atoms with van der Waals surface area (Å²) < 4.78 is 0. The second kappa shape index (κ2) is 6.65. The van der Waals surface area contributed by atoms with Crippen molar-refractivity contribution in [2.45, 2.75) is 52.5 Å². The number of nitrogens with zero attached hydrogens (tertiary/aromatic N) is 1. The maximum absolute atomic E-state index is 4.44. The number of aryl methyl sites for hydroxylation is 1. The van der Waals surface area contributed by atoms with Gasteiger partial charge in [-0.15, -0.1) is 0 Å². The van der Waals surface area contributed by atoms with Crippen LogP contribution in [0.25, 0.3) is 6.08 Å². The van der Waals surface area contributed by atoms with Crippen LogP contribution in [0.2, 0.25) is 0 Å². The average molecular weight is 309 g/mol. The lowest BCUT2D eigenvalue weighted by Gasteiger charge is -2.45. The molecule has 1 aromatic carbocycles. The molecule has 0 radical (unpaired) electrons. The highest BCUT2D eigenvalue weighted by Crippen LogP contribution is 2.42. The maximum Gasteiger partial charge on any atom is 0.0388 e. The van der Waals surface area contributed by atoms with Crippen molar-refractivity contribution in [2.75, 3.05) is 13.1 Å². The molecule has 0 N–H and O–H groups in total. The molecule has 0 saturated carbocycles. The van der Waals surface area contributed by atoms with Crippen molar-refractivity contribution < 1.29 is 0 Å². The first kappa shape index (κ1) is 16.5. The van der Waals surface area contributed by atoms with E-state index in [1.165, 1.54) is 48.2 Å². The number of hydrogen-bond acceptors (Lipinski definition) is 1. The SMILES string of the molecule is C=Cc1cc2c(cc1CC)CCN1CC(CC(C)C)C(=C)CC21. The summed E-state index contributed by atoms with van der Waals surface area (Å²) >= 11 is 0. The van der Waals surface area contributed by atoms with Crippen LogP contribution < -0.4 is 0 Å². The molecule has 1 nitrogen and oxygen atoms in total. The molecular formula is C22H31N. The highest BCUT2D eigenvalue weighted by Gasteiger charge is 2.35. The number of benzene rings is 1. The zero-order chi connectivity index (χ0) is 16.6. The van der Waals surface area contributed by atoms with Crippen LogP contribution in [0.5, 0.6) is 0 Å². The van der Waals surface area contributed by atoms with E-state index in [1.807, 2.05) is 6.08 Å². The van der Waals surface area contributed by atoms with E-state index in [2.05, 4.69) is 51.0 Å². The van der Waals surface area contributed by atoms with Crippen LogP contribution >= 0.6 is 0 Å². The van der Waals surface area contributed by atoms with E-state index in [0.717, 1.165) is 18.8 Å². The Bertz CT molecular complexity index is 611. The van der Waals surface area contributed by atoms with Gasteiger partial charge in [0.05, 0.1) is 0 Å². The minimum absolute atomic E-state index is 0.541. The minimum Gasteiger partial charge on any atom is -0.295 e. The summed E-state index contributed by atoms with van der Waals surface area (Å²) in [5.74, 6) is 1.44. The fourth-order valence-electron chi connectivity index (χ4n) is 4.46. The van der Waals surface area contributed by atoms with Gasteiger partial charge >= 0.3 is 0 Å². The van der Waals surface area contributed by atoms with Crippen molar-refractivity contribution in [3.8, 4) is 0 Å². The van der Waals surface area contributed by atoms with E-state index in [9.17, 15) is 0 Å². The lowest BCUT2D eigenvalue weighted by molar-refractivity contribution is 0.124. The van der Waals surface area contributed by atoms with Crippen LogP contribution in [-0.2, 0) is 12.8 Å². The number of piperidine rings is 1. The summed E-state index contributed by atoms with van der Waals surface area (Å²) in [6.45, 7) is 17.8. The van der Waals surface area contributed by atoms with E-state index in [4.69, 9.17) is 0 Å². The molecule has 2 aliphatic rings. The lowest BCUT2D eigenvalue weighted by Crippen LogP contribution is -2.43. The van der Waals surface area contributed by atoms with Crippen molar-refractivity contribution >= 4 is 6.08 Å². The molecule has 1 saturated heterocycles. The summed E-state index contributed by atoms with van der Waals surface area (Å²) in [6, 6.07) is 5.39. The van der Waals surface area contributed by atoms with Gasteiger partial charge in [0.15, 0.2) is 0 Å². The average Bonchev–Trinajstić information content (AvgIpc) is 2.53. The first-order chi connectivity index (χ1) is 11.0. The molecule has 0 spiro atoms. The van der Waals surface area contributed by atoms with E-state index >= 15 is 0 Å². The third-order valence-electron chi connectivity index (χ3n) is 5.71. The number of fused-ring (bicyclic) bond motifs is 3. The van der Waals surface area contributed by atoms with Crippen LogP contribution in [0.3, 0.4) is 0 Å². The van der Waals surface area contributed by atoms with Gasteiger partial charge in [-0.05, 0) is 65.8 Å². The van der Waals surface area contributed by atoms with Crippen molar-refractivity contribution in [2.24, 2.45) is 11.8 Å². The molecule has 2 atom stereocenters. The molecule has 0 bridgehead atoms. The second-order valence-electron chi connectivity index (χ2n) is 7.76. The van der Waals surface area contributed by atoms with Gasteiger partial charge in [0.25, 0.3) is 0 Å². The fraction of sp³-hybridized carbons (Fsp3) is 0.545. The summed E-state index contributed by atoms with van der Waals surface area (Å²) in [6.07, 6.45) is 6.72. The van der Waals surface area contributed by atoms with E-state index in [-0.39, 0.29) is 0 Å². The van der Waals surface area contributed by atoms with Crippen LogP contribution in [0, 0.1) is 11.8 Å². The summed E-state index contributed by atoms with van der Waals surface area (Å²) in [4.78, 5) is 2.71. The Morgan fingerprint density at radius 1 is 1.35 bits per heavy atom. The predicted octanol–water partition coefficient (Wildman–Crippen LogP) is 5.41. The molecule has 0 aliphatic carbocycles. The molecule has 3 rings (SSSR count). The van der Waals surface area contributed by atoms with Gasteiger partial charge in [-0.25, -0.2) is 0 Å². The van der Waals surface area contributed by atoms with Gasteiger partial charge in [-0.3, -0.25) is 4.90 Å². The number of hydrogen-bond donors (Lipinski definition) is 0. The first-order valence-electron chi connectivity index (χ1n) is 9.23. The monoisotopic (exact) mass is 309 g/mol. The van der Waals surface area contributed by atoms with E-state index < -0.39 is 0 Å². The largest absolute Gasteiger partial charge is 0.295 e. The van der Waals surface area contributed by atoms with Crippen molar-refractivity contribution in [1.82, 2.24) is 4.90 Å². The molecular weight excluding hydrogens is 278 g/mol. The smallest absolute Gasteiger partial charge is 0.0388 e. The van der Waals surface area contributed by atoms with Crippen LogP contribution in [0.1, 0.15) is 61.9 Å². The van der Waals surface area contributed by atoms with Crippen molar-refractivity contribution in [1.29, 1.82) is 0 Å². The highest BCUT2D eigenvalue weighted by molar-refractivity contribution is 5.56. The first-order valence-corrected chi connectivity index (χ1v) is 9.23. The van der Waals surface area contributed by atoms with Crippen LogP contribution in [0.4, 0.5) is 0 Å². The fourth-order valence-corrected chi connectivity index (χ4v) is 4.46. The predicted molar refractivity (Wildman–Crippen MR) is 101 cm³/mol. The second-order valence-corrected chi connectivity index (χ2v) is 7.76. The molecule has 1 heteroatoms. The highest BCUT2D eigenvalue weighted by atomic mass is 15.2. The van der Waals surface area contributed by atoms with Crippen molar-refractivity contribution in [3.05, 3.63) is 53.1 Å². The zero-order valence-corrected chi connectivity index (χ0v) is 15.1. The van der Waals surface area contributed by atoms with Crippen molar-refractivity contribution in [3.63, 3.8) is 0 Å². The molecule has 0 aromatic heterocycles. The molecule has 2 heterocycles. The van der Waals surface area contributed by atoms with E-state index in [1.54, 1.807) is 5.56 Å². The van der Waals surface area contributed by atoms with Gasteiger partial charge in [0, 0.05) is 19.1 Å². The Morgan fingerprint density at radius 2 is 2.13 bits per heavy atom. The van der Waals surface area contributed by atoms with Gasteiger partial charge < -0.3 is 0 Å². The van der Waals surface area contributed by atoms with Crippen LogP contribution in [-0.4, -0.2) is 18.0 Å². The Morgan fingerprint density at radius 3 is 2.78 bits per heavy atom. The maximum atomic E-state index is 4.44. The van der Waals surface area contributed by atoms with Gasteiger partial charge in [0.2, 0.25) is 0 Å². The van der Waals surface area contributed by atoms with Gasteiger partial charge in [-0.2, -0.15) is 0 Å². The van der Waals surface area contributed by atoms with E-state index in [0.29, 0.717) is 12.0 Å². The topological polar surface area (TPSA) is 3.24 Å². The zero-order valence-electron chi connectivity index (χ0n) is 15.1. The van der Waals surface area contributed by atoms with Gasteiger partial charge in [-0.1, -0.05) is 51.6 Å². The Hall–Kier alpha value is -1.34. The Kier molecular flexibility index (Phi) is 4.77. The molecule has 1 fully saturated rings. The molecule has 2 unspecified atom stereocenters. The quantitative estimate of drug-likeness (QED) is 0.672. The normalized spacial score (nSPS) is 24.4. The minimum atomic E-state index is 0.541.